The summed E-state index contributed by atoms with van der Waals surface area (Å²) in [5, 5.41) is 17.6. The molecule has 0 bridgehead atoms. The van der Waals surface area contributed by atoms with E-state index < -0.39 is 0 Å². The van der Waals surface area contributed by atoms with Crippen molar-refractivity contribution in [2.45, 2.75) is 58.1 Å². The highest BCUT2D eigenvalue weighted by Crippen LogP contribution is 2.38. The summed E-state index contributed by atoms with van der Waals surface area (Å²) >= 11 is 1.65. The van der Waals surface area contributed by atoms with Crippen molar-refractivity contribution in [3.8, 4) is 10.6 Å². The maximum atomic E-state index is 9.58. The third-order valence-electron chi connectivity index (χ3n) is 7.01. The number of nitrogens with zero attached hydrogens (tertiary/aromatic N) is 4. The van der Waals surface area contributed by atoms with Gasteiger partial charge in [0.2, 0.25) is 5.95 Å². The fraction of sp³-hybridized carbons (Fsp3) is 0.583. The van der Waals surface area contributed by atoms with Crippen LogP contribution in [0.15, 0.2) is 12.3 Å². The molecular formula is C24H32N6O2S. The molecule has 3 heterocycles. The minimum absolute atomic E-state index is 0.245. The number of aromatic nitrogens is 4. The summed E-state index contributed by atoms with van der Waals surface area (Å²) in [5.41, 5.74) is 3.72. The molecule has 8 nitrogen and oxygen atoms in total. The number of anilines is 2. The van der Waals surface area contributed by atoms with Gasteiger partial charge in [-0.2, -0.15) is 4.98 Å². The molecule has 2 atom stereocenters. The number of fused-ring (bicyclic) bond motifs is 1. The molecule has 33 heavy (non-hydrogen) atoms. The van der Waals surface area contributed by atoms with Crippen molar-refractivity contribution in [3.05, 3.63) is 23.7 Å². The summed E-state index contributed by atoms with van der Waals surface area (Å²) in [6, 6.07) is 2.30. The van der Waals surface area contributed by atoms with Crippen LogP contribution >= 0.6 is 11.3 Å². The van der Waals surface area contributed by atoms with Gasteiger partial charge in [0.1, 0.15) is 16.3 Å². The third kappa shape index (κ3) is 4.67. The molecule has 2 fully saturated rings. The van der Waals surface area contributed by atoms with Crippen molar-refractivity contribution < 1.29 is 9.84 Å². The zero-order valence-corrected chi connectivity index (χ0v) is 20.3. The molecule has 2 aliphatic rings. The molecule has 2 unspecified atom stereocenters. The topological polar surface area (TPSA) is 105 Å². The number of thiazole rings is 1. The van der Waals surface area contributed by atoms with E-state index in [1.165, 1.54) is 0 Å². The molecule has 2 saturated carbocycles. The molecule has 5 rings (SSSR count). The molecule has 3 aromatic heterocycles. The van der Waals surface area contributed by atoms with E-state index in [2.05, 4.69) is 15.6 Å². The molecular weight excluding hydrogens is 436 g/mol. The maximum absolute atomic E-state index is 9.58. The number of pyridine rings is 1. The summed E-state index contributed by atoms with van der Waals surface area (Å²) in [7, 11) is 1.78. The quantitative estimate of drug-likeness (QED) is 0.452. The van der Waals surface area contributed by atoms with Crippen molar-refractivity contribution in [2.75, 3.05) is 30.9 Å². The smallest absolute Gasteiger partial charge is 0.224 e. The number of aryl methyl sites for hydroxylation is 2. The van der Waals surface area contributed by atoms with Crippen LogP contribution in [-0.2, 0) is 4.74 Å². The summed E-state index contributed by atoms with van der Waals surface area (Å²) < 4.78 is 6.51. The number of aliphatic hydroxyl groups excluding tert-OH is 1. The van der Waals surface area contributed by atoms with Crippen LogP contribution in [0.25, 0.3) is 20.8 Å². The van der Waals surface area contributed by atoms with Crippen molar-refractivity contribution in [1.82, 2.24) is 19.9 Å². The first kappa shape index (κ1) is 22.4. The van der Waals surface area contributed by atoms with Gasteiger partial charge in [-0.3, -0.25) is 4.98 Å². The van der Waals surface area contributed by atoms with Crippen LogP contribution in [0.3, 0.4) is 0 Å². The van der Waals surface area contributed by atoms with Gasteiger partial charge in [-0.05, 0) is 63.9 Å². The molecule has 3 aromatic rings. The maximum Gasteiger partial charge on any atom is 0.224 e. The van der Waals surface area contributed by atoms with Crippen LogP contribution in [0.2, 0.25) is 0 Å². The molecule has 9 heteroatoms. The minimum Gasteiger partial charge on any atom is -0.396 e. The fourth-order valence-electron chi connectivity index (χ4n) is 4.94. The molecule has 0 spiro atoms. The predicted octanol–water partition coefficient (Wildman–Crippen LogP) is 4.17. The van der Waals surface area contributed by atoms with Crippen LogP contribution in [-0.4, -0.2) is 57.4 Å². The van der Waals surface area contributed by atoms with Gasteiger partial charge in [-0.25, -0.2) is 9.97 Å². The summed E-state index contributed by atoms with van der Waals surface area (Å²) in [5.74, 6) is 2.42. The van der Waals surface area contributed by atoms with E-state index in [9.17, 15) is 5.11 Å². The first-order valence-electron chi connectivity index (χ1n) is 11.8. The SMILES string of the molecule is COC1CC(CNc2nc(C)c(-c3nc4c(C)nccc4s3)c(NC3CCC(CO)C3)n2)C1. The Morgan fingerprint density at radius 3 is 2.67 bits per heavy atom. The molecule has 176 valence electrons. The lowest BCUT2D eigenvalue weighted by Crippen LogP contribution is -2.35. The lowest BCUT2D eigenvalue weighted by molar-refractivity contribution is 0.00559. The zero-order valence-electron chi connectivity index (χ0n) is 19.5. The first-order chi connectivity index (χ1) is 16.0. The largest absolute Gasteiger partial charge is 0.396 e. The van der Waals surface area contributed by atoms with E-state index >= 15 is 0 Å². The van der Waals surface area contributed by atoms with E-state index in [1.807, 2.05) is 26.1 Å². The van der Waals surface area contributed by atoms with Gasteiger partial charge in [-0.1, -0.05) is 0 Å². The second-order valence-electron chi connectivity index (χ2n) is 9.40. The van der Waals surface area contributed by atoms with Crippen LogP contribution in [0, 0.1) is 25.7 Å². The average molecular weight is 469 g/mol. The Labute approximate surface area is 198 Å². The molecule has 0 saturated heterocycles. The van der Waals surface area contributed by atoms with Gasteiger partial charge in [0, 0.05) is 32.5 Å². The molecule has 0 radical (unpaired) electrons. The Morgan fingerprint density at radius 2 is 1.94 bits per heavy atom. The Balaban J connectivity index is 1.45. The predicted molar refractivity (Wildman–Crippen MR) is 132 cm³/mol. The van der Waals surface area contributed by atoms with Gasteiger partial charge in [0.05, 0.1) is 27.8 Å². The highest BCUT2D eigenvalue weighted by Gasteiger charge is 2.30. The highest BCUT2D eigenvalue weighted by molar-refractivity contribution is 7.21. The Kier molecular flexibility index (Phi) is 6.44. The Hall–Kier alpha value is -2.36. The minimum atomic E-state index is 0.245. The van der Waals surface area contributed by atoms with E-state index in [0.717, 1.165) is 76.6 Å². The van der Waals surface area contributed by atoms with E-state index in [1.54, 1.807) is 18.4 Å². The molecule has 0 aromatic carbocycles. The monoisotopic (exact) mass is 468 g/mol. The molecule has 0 aliphatic heterocycles. The van der Waals surface area contributed by atoms with Crippen LogP contribution < -0.4 is 10.6 Å². The normalized spacial score (nSPS) is 24.7. The van der Waals surface area contributed by atoms with Crippen LogP contribution in [0.4, 0.5) is 11.8 Å². The number of nitrogens with one attached hydrogen (secondary N) is 2. The third-order valence-corrected chi connectivity index (χ3v) is 8.05. The van der Waals surface area contributed by atoms with Gasteiger partial charge >= 0.3 is 0 Å². The fourth-order valence-corrected chi connectivity index (χ4v) is 6.05. The Bertz CT molecular complexity index is 1130. The zero-order chi connectivity index (χ0) is 22.9. The lowest BCUT2D eigenvalue weighted by atomic mass is 9.82. The van der Waals surface area contributed by atoms with E-state index in [0.29, 0.717) is 23.9 Å². The second-order valence-corrected chi connectivity index (χ2v) is 10.4. The summed E-state index contributed by atoms with van der Waals surface area (Å²) in [6.07, 6.45) is 7.39. The van der Waals surface area contributed by atoms with Gasteiger partial charge in [-0.15, -0.1) is 11.3 Å². The highest BCUT2D eigenvalue weighted by atomic mass is 32.1. The van der Waals surface area contributed by atoms with E-state index in [-0.39, 0.29) is 12.6 Å². The molecule has 0 amide bonds. The lowest BCUT2D eigenvalue weighted by Gasteiger charge is -2.34. The van der Waals surface area contributed by atoms with Gasteiger partial charge in [0.25, 0.3) is 0 Å². The number of methoxy groups -OCH3 is 1. The summed E-state index contributed by atoms with van der Waals surface area (Å²) in [6.45, 7) is 5.11. The number of hydrogen-bond donors (Lipinski definition) is 3. The first-order valence-corrected chi connectivity index (χ1v) is 12.6. The standard InChI is InChI=1S/C24H32N6O2S/c1-13-20(23-29-21-14(2)25-7-6-19(21)33-23)22(28-17-5-4-15(8-17)12-31)30-24(27-13)26-11-16-9-18(10-16)32-3/h6-7,15-18,31H,4-5,8-12H2,1-3H3,(H2,26,27,28,30). The van der Waals surface area contributed by atoms with E-state index in [4.69, 9.17) is 19.7 Å². The van der Waals surface area contributed by atoms with Gasteiger partial charge in [0.15, 0.2) is 0 Å². The summed E-state index contributed by atoms with van der Waals surface area (Å²) in [4.78, 5) is 19.0. The van der Waals surface area contributed by atoms with Crippen LogP contribution in [0.5, 0.6) is 0 Å². The Morgan fingerprint density at radius 1 is 1.09 bits per heavy atom. The number of ether oxygens (including phenoxy) is 1. The van der Waals surface area contributed by atoms with Crippen molar-refractivity contribution in [3.63, 3.8) is 0 Å². The molecule has 2 aliphatic carbocycles. The van der Waals surface area contributed by atoms with Crippen molar-refractivity contribution in [1.29, 1.82) is 0 Å². The molecule has 3 N–H and O–H groups in total. The van der Waals surface area contributed by atoms with Gasteiger partial charge < -0.3 is 20.5 Å². The van der Waals surface area contributed by atoms with Crippen molar-refractivity contribution in [2.24, 2.45) is 11.8 Å². The second kappa shape index (κ2) is 9.48. The van der Waals surface area contributed by atoms with Crippen LogP contribution in [0.1, 0.15) is 43.5 Å². The number of rotatable bonds is 8. The number of aliphatic hydroxyl groups is 1. The number of hydrogen-bond acceptors (Lipinski definition) is 9. The van der Waals surface area contributed by atoms with Crippen molar-refractivity contribution >= 4 is 33.3 Å². The average Bonchev–Trinajstić information content (AvgIpc) is 3.40.